The van der Waals surface area contributed by atoms with E-state index in [1.165, 1.54) is 77.2 Å². The fraction of sp³-hybridized carbons (Fsp3) is 0.250. The molecular weight excluding hydrogens is 704 g/mol. The van der Waals surface area contributed by atoms with Gasteiger partial charge in [0.05, 0.1) is 71.1 Å². The lowest BCUT2D eigenvalue weighted by Crippen LogP contribution is -2.11. The molecule has 6 rings (SSSR count). The van der Waals surface area contributed by atoms with E-state index in [0.717, 1.165) is 0 Å². The summed E-state index contributed by atoms with van der Waals surface area (Å²) in [5, 5.41) is 0.484. The number of ether oxygens (including phenoxy) is 10. The molecule has 0 radical (unpaired) electrons. The van der Waals surface area contributed by atoms with Gasteiger partial charge < -0.3 is 56.2 Å². The Morgan fingerprint density at radius 1 is 0.444 bits per heavy atom. The molecule has 0 N–H and O–H groups in total. The Hall–Kier alpha value is -6.70. The first-order chi connectivity index (χ1) is 26.2. The van der Waals surface area contributed by atoms with Crippen molar-refractivity contribution in [2.45, 2.75) is 0 Å². The normalized spacial score (nSPS) is 10.6. The lowest BCUT2D eigenvalue weighted by atomic mass is 10.1. The highest BCUT2D eigenvalue weighted by atomic mass is 16.6. The smallest absolute Gasteiger partial charge is 0.239 e. The maximum atomic E-state index is 13.3. The second-order valence-corrected chi connectivity index (χ2v) is 11.1. The Labute approximate surface area is 310 Å². The molecule has 2 aromatic heterocycles. The maximum Gasteiger partial charge on any atom is 0.239 e. The summed E-state index contributed by atoms with van der Waals surface area (Å²) >= 11 is 0. The number of fused-ring (bicyclic) bond motifs is 2. The lowest BCUT2D eigenvalue weighted by molar-refractivity contribution is 0.306. The average Bonchev–Trinajstić information content (AvgIpc) is 3.21. The quantitative estimate of drug-likeness (QED) is 0.126. The van der Waals surface area contributed by atoms with E-state index in [1.54, 1.807) is 24.3 Å². The molecule has 4 aromatic carbocycles. The number of hydrogen-bond donors (Lipinski definition) is 0. The predicted octanol–water partition coefficient (Wildman–Crippen LogP) is 7.01. The van der Waals surface area contributed by atoms with Crippen LogP contribution in [0.15, 0.2) is 79.1 Å². The third-order valence-corrected chi connectivity index (χ3v) is 8.35. The Kier molecular flexibility index (Phi) is 12.0. The monoisotopic (exact) mass is 744 g/mol. The van der Waals surface area contributed by atoms with Crippen LogP contribution in [0.2, 0.25) is 0 Å². The second kappa shape index (κ2) is 16.8. The van der Waals surface area contributed by atoms with E-state index >= 15 is 0 Å². The summed E-state index contributed by atoms with van der Waals surface area (Å²) in [6.45, 7) is 0. The van der Waals surface area contributed by atoms with Crippen LogP contribution < -0.4 is 58.2 Å². The van der Waals surface area contributed by atoms with E-state index in [-0.39, 0.29) is 50.9 Å². The third-order valence-electron chi connectivity index (χ3n) is 8.35. The summed E-state index contributed by atoms with van der Waals surface area (Å²) in [7, 11) is 14.8. The van der Waals surface area contributed by atoms with Crippen molar-refractivity contribution in [3.63, 3.8) is 0 Å². The van der Waals surface area contributed by atoms with E-state index < -0.39 is 5.43 Å². The SMILES string of the molecule is COc1c(OC)c(OC)c2c(=O)c(OC)c(-c3ccccc3)oc2c1OC.COc1cc(OC)c2c(=O)cc(-c3cc(OC)c(OC)c(OC)c3)oc2c1. The molecule has 0 saturated heterocycles. The van der Waals surface area contributed by atoms with E-state index in [0.29, 0.717) is 56.6 Å². The molecule has 0 aliphatic rings. The van der Waals surface area contributed by atoms with Gasteiger partial charge in [-0.3, -0.25) is 9.59 Å². The van der Waals surface area contributed by atoms with Crippen molar-refractivity contribution < 1.29 is 56.2 Å². The van der Waals surface area contributed by atoms with Crippen molar-refractivity contribution in [1.82, 2.24) is 0 Å². The van der Waals surface area contributed by atoms with Crippen LogP contribution in [-0.2, 0) is 0 Å². The number of benzene rings is 4. The molecule has 54 heavy (non-hydrogen) atoms. The molecule has 0 spiro atoms. The molecule has 2 heterocycles. The molecule has 14 heteroatoms. The number of hydrogen-bond acceptors (Lipinski definition) is 14. The molecule has 0 bridgehead atoms. The Bertz CT molecular complexity index is 2370. The van der Waals surface area contributed by atoms with Gasteiger partial charge in [0.2, 0.25) is 34.2 Å². The van der Waals surface area contributed by atoms with Crippen LogP contribution in [0, 0.1) is 0 Å². The van der Waals surface area contributed by atoms with Crippen LogP contribution in [0.5, 0.6) is 57.5 Å². The first-order valence-corrected chi connectivity index (χ1v) is 16.1. The zero-order valence-corrected chi connectivity index (χ0v) is 31.5. The average molecular weight is 745 g/mol. The van der Waals surface area contributed by atoms with E-state index in [1.807, 2.05) is 30.3 Å². The summed E-state index contributed by atoms with van der Waals surface area (Å²) in [6.07, 6.45) is 0. The van der Waals surface area contributed by atoms with Crippen LogP contribution >= 0.6 is 0 Å². The van der Waals surface area contributed by atoms with Gasteiger partial charge in [-0.1, -0.05) is 30.3 Å². The third kappa shape index (κ3) is 6.93. The molecule has 284 valence electrons. The van der Waals surface area contributed by atoms with Crippen molar-refractivity contribution in [2.75, 3.05) is 71.1 Å². The van der Waals surface area contributed by atoms with Gasteiger partial charge in [-0.05, 0) is 12.1 Å². The topological polar surface area (TPSA) is 153 Å². The fourth-order valence-corrected chi connectivity index (χ4v) is 5.90. The van der Waals surface area contributed by atoms with Gasteiger partial charge in [0.1, 0.15) is 33.6 Å². The molecule has 0 saturated carbocycles. The number of methoxy groups -OCH3 is 10. The van der Waals surface area contributed by atoms with Crippen LogP contribution in [0.3, 0.4) is 0 Å². The molecular formula is C40H40O14. The molecule has 6 aromatic rings. The highest BCUT2D eigenvalue weighted by Crippen LogP contribution is 2.51. The van der Waals surface area contributed by atoms with Gasteiger partial charge in [-0.25, -0.2) is 0 Å². The van der Waals surface area contributed by atoms with Gasteiger partial charge in [-0.2, -0.15) is 0 Å². The van der Waals surface area contributed by atoms with Crippen LogP contribution in [0.1, 0.15) is 0 Å². The van der Waals surface area contributed by atoms with Crippen LogP contribution in [0.25, 0.3) is 44.6 Å². The summed E-state index contributed by atoms with van der Waals surface area (Å²) in [5.74, 6) is 3.85. The lowest BCUT2D eigenvalue weighted by Gasteiger charge is -2.18. The van der Waals surface area contributed by atoms with Gasteiger partial charge in [0, 0.05) is 29.3 Å². The molecule has 0 aliphatic carbocycles. The highest BCUT2D eigenvalue weighted by Gasteiger charge is 2.30. The summed E-state index contributed by atoms with van der Waals surface area (Å²) in [5.41, 5.74) is 1.17. The van der Waals surface area contributed by atoms with Crippen LogP contribution in [0.4, 0.5) is 0 Å². The summed E-state index contributed by atoms with van der Waals surface area (Å²) < 4.78 is 65.8. The Balaban J connectivity index is 0.000000208. The zero-order valence-electron chi connectivity index (χ0n) is 31.5. The van der Waals surface area contributed by atoms with Crippen molar-refractivity contribution in [1.29, 1.82) is 0 Å². The minimum Gasteiger partial charge on any atom is -0.496 e. The zero-order chi connectivity index (χ0) is 39.1. The van der Waals surface area contributed by atoms with Crippen molar-refractivity contribution in [3.05, 3.63) is 81.1 Å². The molecule has 0 atom stereocenters. The van der Waals surface area contributed by atoms with Crippen molar-refractivity contribution >= 4 is 21.9 Å². The Morgan fingerprint density at radius 2 is 1.00 bits per heavy atom. The van der Waals surface area contributed by atoms with Gasteiger partial charge in [-0.15, -0.1) is 0 Å². The predicted molar refractivity (Wildman–Crippen MR) is 201 cm³/mol. The minimum atomic E-state index is -0.409. The van der Waals surface area contributed by atoms with Gasteiger partial charge in [0.25, 0.3) is 0 Å². The fourth-order valence-electron chi connectivity index (χ4n) is 5.90. The standard InChI is InChI=1S/2C20H20O7/c1-22-12-8-15(23-2)19-13(21)10-14(27-16(19)9-12)11-6-17(24-3)20(26-5)18(7-11)25-4;1-22-15-12-13(21)17(23-2)14(11-9-7-6-8-10-11)27-16(12)19(25-4)20(26-5)18(15)24-3/h2*6-10H,1-5H3. The van der Waals surface area contributed by atoms with E-state index in [9.17, 15) is 9.59 Å². The molecule has 0 aliphatic heterocycles. The molecule has 14 nitrogen and oxygen atoms in total. The van der Waals surface area contributed by atoms with E-state index in [4.69, 9.17) is 56.2 Å². The molecule has 0 amide bonds. The van der Waals surface area contributed by atoms with Crippen molar-refractivity contribution in [2.24, 2.45) is 0 Å². The molecule has 0 fully saturated rings. The largest absolute Gasteiger partial charge is 0.496 e. The minimum absolute atomic E-state index is 0.0567. The van der Waals surface area contributed by atoms with Crippen molar-refractivity contribution in [3.8, 4) is 80.1 Å². The van der Waals surface area contributed by atoms with Gasteiger partial charge in [0.15, 0.2) is 34.0 Å². The first-order valence-electron chi connectivity index (χ1n) is 16.1. The maximum absolute atomic E-state index is 13.3. The van der Waals surface area contributed by atoms with E-state index in [2.05, 4.69) is 0 Å². The molecule has 0 unspecified atom stereocenters. The number of rotatable bonds is 12. The second-order valence-electron chi connectivity index (χ2n) is 11.1. The van der Waals surface area contributed by atoms with Crippen LogP contribution in [-0.4, -0.2) is 71.1 Å². The highest BCUT2D eigenvalue weighted by molar-refractivity contribution is 5.97. The van der Waals surface area contributed by atoms with Gasteiger partial charge >= 0.3 is 0 Å². The summed E-state index contributed by atoms with van der Waals surface area (Å²) in [6, 6.07) is 17.3. The first kappa shape index (κ1) is 38.5. The summed E-state index contributed by atoms with van der Waals surface area (Å²) in [4.78, 5) is 26.0. The Morgan fingerprint density at radius 3 is 1.52 bits per heavy atom.